The van der Waals surface area contributed by atoms with Crippen molar-refractivity contribution < 1.29 is 14.2 Å². The number of methoxy groups -OCH3 is 1. The molecule has 5 nitrogen and oxygen atoms in total. The third-order valence-electron chi connectivity index (χ3n) is 6.00. The molecule has 2 aliphatic rings. The molecule has 1 N–H and O–H groups in total. The largest absolute Gasteiger partial charge is 0.496 e. The van der Waals surface area contributed by atoms with E-state index in [2.05, 4.69) is 48.3 Å². The maximum Gasteiger partial charge on any atom is 0.122 e. The Morgan fingerprint density at radius 3 is 2.63 bits per heavy atom. The Kier molecular flexibility index (Phi) is 7.15. The molecule has 3 rings (SSSR count). The zero-order valence-electron chi connectivity index (χ0n) is 17.3. The second-order valence-corrected chi connectivity index (χ2v) is 8.47. The first-order valence-corrected chi connectivity index (χ1v) is 10.3. The van der Waals surface area contributed by atoms with Crippen LogP contribution >= 0.6 is 0 Å². The molecular weight excluding hydrogens is 340 g/mol. The Morgan fingerprint density at radius 1 is 1.11 bits per heavy atom. The van der Waals surface area contributed by atoms with E-state index >= 15 is 0 Å². The normalized spacial score (nSPS) is 26.0. The van der Waals surface area contributed by atoms with Crippen molar-refractivity contribution in [3.63, 3.8) is 0 Å². The van der Waals surface area contributed by atoms with Gasteiger partial charge in [-0.15, -0.1) is 0 Å². The molecule has 2 heterocycles. The minimum absolute atomic E-state index is 0.0975. The van der Waals surface area contributed by atoms with Gasteiger partial charge < -0.3 is 19.5 Å². The molecule has 2 saturated heterocycles. The van der Waals surface area contributed by atoms with E-state index in [0.29, 0.717) is 0 Å². The predicted molar refractivity (Wildman–Crippen MR) is 109 cm³/mol. The van der Waals surface area contributed by atoms with Crippen LogP contribution in [0.1, 0.15) is 38.7 Å². The highest BCUT2D eigenvalue weighted by Gasteiger charge is 2.43. The quantitative estimate of drug-likeness (QED) is 0.707. The molecule has 1 aromatic carbocycles. The number of rotatable bonds is 8. The third-order valence-corrected chi connectivity index (χ3v) is 6.00. The highest BCUT2D eigenvalue weighted by atomic mass is 16.5. The number of nitrogens with one attached hydrogen (secondary N) is 1. The Balaban J connectivity index is 1.62. The average molecular weight is 377 g/mol. The van der Waals surface area contributed by atoms with Crippen molar-refractivity contribution in [1.29, 1.82) is 0 Å². The Hall–Kier alpha value is -1.14. The second kappa shape index (κ2) is 9.37. The molecule has 1 aromatic rings. The van der Waals surface area contributed by atoms with Gasteiger partial charge in [0, 0.05) is 43.8 Å². The molecule has 0 spiro atoms. The summed E-state index contributed by atoms with van der Waals surface area (Å²) in [5.74, 6) is 1.00. The molecule has 0 aliphatic carbocycles. The van der Waals surface area contributed by atoms with Gasteiger partial charge in [-0.3, -0.25) is 4.90 Å². The first-order chi connectivity index (χ1) is 13.0. The van der Waals surface area contributed by atoms with Crippen molar-refractivity contribution in [3.05, 3.63) is 29.8 Å². The van der Waals surface area contributed by atoms with E-state index < -0.39 is 0 Å². The molecular formula is C22H36N2O3. The van der Waals surface area contributed by atoms with Crippen LogP contribution in [0, 0.1) is 0 Å². The lowest BCUT2D eigenvalue weighted by Crippen LogP contribution is -2.46. The van der Waals surface area contributed by atoms with Crippen molar-refractivity contribution in [2.24, 2.45) is 0 Å². The van der Waals surface area contributed by atoms with Crippen LogP contribution in [0.5, 0.6) is 5.75 Å². The monoisotopic (exact) mass is 376 g/mol. The van der Waals surface area contributed by atoms with E-state index in [9.17, 15) is 0 Å². The molecule has 5 heteroatoms. The molecule has 0 aromatic heterocycles. The van der Waals surface area contributed by atoms with Gasteiger partial charge in [0.25, 0.3) is 0 Å². The van der Waals surface area contributed by atoms with Gasteiger partial charge in [0.05, 0.1) is 25.9 Å². The summed E-state index contributed by atoms with van der Waals surface area (Å²) >= 11 is 0. The molecule has 2 aliphatic heterocycles. The van der Waals surface area contributed by atoms with Crippen LogP contribution in [0.2, 0.25) is 0 Å². The molecule has 0 radical (unpaired) electrons. The fraction of sp³-hybridized carbons (Fsp3) is 0.727. The van der Waals surface area contributed by atoms with Crippen molar-refractivity contribution in [2.75, 3.05) is 59.7 Å². The summed E-state index contributed by atoms with van der Waals surface area (Å²) in [4.78, 5) is 2.48. The fourth-order valence-corrected chi connectivity index (χ4v) is 4.65. The number of morpholine rings is 1. The van der Waals surface area contributed by atoms with Gasteiger partial charge in [-0.2, -0.15) is 0 Å². The number of para-hydroxylation sites is 1. The first-order valence-electron chi connectivity index (χ1n) is 10.3. The van der Waals surface area contributed by atoms with Crippen LogP contribution < -0.4 is 10.1 Å². The number of hydrogen-bond donors (Lipinski definition) is 1. The van der Waals surface area contributed by atoms with Gasteiger partial charge in [-0.1, -0.05) is 18.2 Å². The van der Waals surface area contributed by atoms with Crippen LogP contribution in [0.15, 0.2) is 24.3 Å². The topological polar surface area (TPSA) is 43.0 Å². The molecule has 152 valence electrons. The van der Waals surface area contributed by atoms with E-state index in [1.165, 1.54) is 5.56 Å². The van der Waals surface area contributed by atoms with Crippen molar-refractivity contribution in [1.82, 2.24) is 10.2 Å². The van der Waals surface area contributed by atoms with E-state index in [1.807, 2.05) is 0 Å². The zero-order chi connectivity index (χ0) is 19.2. The molecule has 0 saturated carbocycles. The van der Waals surface area contributed by atoms with E-state index in [4.69, 9.17) is 14.2 Å². The van der Waals surface area contributed by atoms with Gasteiger partial charge in [-0.05, 0) is 45.7 Å². The van der Waals surface area contributed by atoms with Crippen LogP contribution in [-0.2, 0) is 14.9 Å². The summed E-state index contributed by atoms with van der Waals surface area (Å²) in [6.07, 6.45) is 3.16. The summed E-state index contributed by atoms with van der Waals surface area (Å²) in [7, 11) is 1.78. The van der Waals surface area contributed by atoms with E-state index in [1.54, 1.807) is 7.11 Å². The van der Waals surface area contributed by atoms with Gasteiger partial charge in [-0.25, -0.2) is 0 Å². The third kappa shape index (κ3) is 5.44. The maximum absolute atomic E-state index is 6.04. The van der Waals surface area contributed by atoms with E-state index in [-0.39, 0.29) is 11.0 Å². The Morgan fingerprint density at radius 2 is 1.89 bits per heavy atom. The molecule has 0 bridgehead atoms. The number of benzene rings is 1. The summed E-state index contributed by atoms with van der Waals surface area (Å²) < 4.78 is 17.2. The van der Waals surface area contributed by atoms with Crippen LogP contribution in [0.3, 0.4) is 0 Å². The van der Waals surface area contributed by atoms with Crippen LogP contribution in [0.4, 0.5) is 0 Å². The van der Waals surface area contributed by atoms with Gasteiger partial charge in [0.15, 0.2) is 0 Å². The Bertz CT molecular complexity index is 587. The highest BCUT2D eigenvalue weighted by molar-refractivity contribution is 5.40. The molecule has 0 amide bonds. The van der Waals surface area contributed by atoms with Crippen LogP contribution in [-0.4, -0.2) is 70.2 Å². The van der Waals surface area contributed by atoms with Crippen LogP contribution in [0.25, 0.3) is 0 Å². The number of nitrogens with zero attached hydrogens (tertiary/aromatic N) is 1. The van der Waals surface area contributed by atoms with Crippen molar-refractivity contribution in [2.45, 2.75) is 44.1 Å². The molecule has 1 unspecified atom stereocenters. The summed E-state index contributed by atoms with van der Waals surface area (Å²) in [5, 5.41) is 3.68. The lowest BCUT2D eigenvalue weighted by molar-refractivity contribution is -0.0843. The fourth-order valence-electron chi connectivity index (χ4n) is 4.65. The summed E-state index contributed by atoms with van der Waals surface area (Å²) in [6, 6.07) is 8.52. The Labute approximate surface area is 164 Å². The number of hydrogen-bond acceptors (Lipinski definition) is 5. The SMILES string of the molecule is COc1ccccc1C1(CCNCCN2CCOCC2)CCOC(C)(C)C1. The minimum atomic E-state index is -0.104. The summed E-state index contributed by atoms with van der Waals surface area (Å²) in [5.41, 5.74) is 1.33. The van der Waals surface area contributed by atoms with Gasteiger partial charge in [0.2, 0.25) is 0 Å². The van der Waals surface area contributed by atoms with Crippen molar-refractivity contribution >= 4 is 0 Å². The average Bonchev–Trinajstić information content (AvgIpc) is 2.68. The van der Waals surface area contributed by atoms with Gasteiger partial charge in [0.1, 0.15) is 5.75 Å². The highest BCUT2D eigenvalue weighted by Crippen LogP contribution is 2.46. The minimum Gasteiger partial charge on any atom is -0.496 e. The van der Waals surface area contributed by atoms with E-state index in [0.717, 1.165) is 77.6 Å². The van der Waals surface area contributed by atoms with Crippen molar-refractivity contribution in [3.8, 4) is 5.75 Å². The smallest absolute Gasteiger partial charge is 0.122 e. The number of ether oxygens (including phenoxy) is 3. The maximum atomic E-state index is 6.04. The predicted octanol–water partition coefficient (Wildman–Crippen LogP) is 2.83. The first kappa shape index (κ1) is 20.6. The zero-order valence-corrected chi connectivity index (χ0v) is 17.3. The molecule has 1 atom stereocenters. The molecule has 2 fully saturated rings. The summed E-state index contributed by atoms with van der Waals surface area (Å²) in [6.45, 7) is 12.2. The lowest BCUT2D eigenvalue weighted by Gasteiger charge is -2.46. The molecule has 27 heavy (non-hydrogen) atoms. The standard InChI is InChI=1S/C22H36N2O3/c1-21(2)18-22(9-15-27-21,19-6-4-5-7-20(19)25-3)8-10-23-11-12-24-13-16-26-17-14-24/h4-7,23H,8-18H2,1-3H3. The second-order valence-electron chi connectivity index (χ2n) is 8.47. The van der Waals surface area contributed by atoms with Gasteiger partial charge >= 0.3 is 0 Å². The lowest BCUT2D eigenvalue weighted by atomic mass is 9.67.